The molecular formula is C14H14F3N7O. The van der Waals surface area contributed by atoms with E-state index in [0.717, 1.165) is 12.3 Å². The molecule has 1 aliphatic heterocycles. The predicted molar refractivity (Wildman–Crippen MR) is 83.9 cm³/mol. The monoisotopic (exact) mass is 353 g/mol. The summed E-state index contributed by atoms with van der Waals surface area (Å²) in [5.74, 6) is -0.301. The van der Waals surface area contributed by atoms with Crippen molar-refractivity contribution >= 4 is 23.1 Å². The minimum Gasteiger partial charge on any atom is -0.380 e. The molecule has 4 N–H and O–H groups in total. The van der Waals surface area contributed by atoms with Crippen molar-refractivity contribution in [2.75, 3.05) is 24.3 Å². The second-order valence-electron chi connectivity index (χ2n) is 5.41. The average Bonchev–Trinajstić information content (AvgIpc) is 2.95. The van der Waals surface area contributed by atoms with Gasteiger partial charge in [0.25, 0.3) is 5.91 Å². The summed E-state index contributed by atoms with van der Waals surface area (Å²) in [5.41, 5.74) is 6.04. The van der Waals surface area contributed by atoms with Crippen molar-refractivity contribution in [3.05, 3.63) is 35.3 Å². The van der Waals surface area contributed by atoms with Gasteiger partial charge in [-0.2, -0.15) is 18.3 Å². The third-order valence-corrected chi connectivity index (χ3v) is 3.61. The molecular weight excluding hydrogens is 339 g/mol. The maximum Gasteiger partial charge on any atom is 0.433 e. The van der Waals surface area contributed by atoms with Crippen LogP contribution in [-0.2, 0) is 17.5 Å². The first-order valence-electron chi connectivity index (χ1n) is 7.17. The quantitative estimate of drug-likeness (QED) is 0.760. The van der Waals surface area contributed by atoms with Gasteiger partial charge >= 0.3 is 6.18 Å². The number of hydrogen-bond donors (Lipinski definition) is 3. The molecule has 0 bridgehead atoms. The van der Waals surface area contributed by atoms with Crippen molar-refractivity contribution in [1.29, 1.82) is 0 Å². The molecule has 0 radical (unpaired) electrons. The number of aromatic amines is 1. The van der Waals surface area contributed by atoms with E-state index in [1.54, 1.807) is 11.9 Å². The Balaban J connectivity index is 1.74. The van der Waals surface area contributed by atoms with Crippen molar-refractivity contribution < 1.29 is 18.0 Å². The van der Waals surface area contributed by atoms with Crippen molar-refractivity contribution in [1.82, 2.24) is 20.5 Å². The number of fused-ring (bicyclic) bond motifs is 1. The van der Waals surface area contributed by atoms with Gasteiger partial charge in [-0.3, -0.25) is 19.9 Å². The maximum atomic E-state index is 12.7. The van der Waals surface area contributed by atoms with Gasteiger partial charge in [0, 0.05) is 19.8 Å². The molecule has 3 rings (SSSR count). The second-order valence-corrected chi connectivity index (χ2v) is 5.41. The SMILES string of the molecule is CN1CN=C(C(=O)NCc2ccnc(C(F)(F)F)c2)c2[nH]nc(N)c21. The van der Waals surface area contributed by atoms with Gasteiger partial charge in [-0.25, -0.2) is 0 Å². The molecule has 0 aromatic carbocycles. The van der Waals surface area contributed by atoms with E-state index in [1.165, 1.54) is 6.07 Å². The molecule has 0 saturated heterocycles. The van der Waals surface area contributed by atoms with Crippen molar-refractivity contribution in [3.8, 4) is 0 Å². The summed E-state index contributed by atoms with van der Waals surface area (Å²) >= 11 is 0. The average molecular weight is 353 g/mol. The molecule has 0 saturated carbocycles. The van der Waals surface area contributed by atoms with Crippen LogP contribution in [0.2, 0.25) is 0 Å². The normalized spacial score (nSPS) is 14.1. The molecule has 8 nitrogen and oxygen atoms in total. The Labute approximate surface area is 139 Å². The van der Waals surface area contributed by atoms with Crippen molar-refractivity contribution in [2.24, 2.45) is 4.99 Å². The third kappa shape index (κ3) is 3.25. The summed E-state index contributed by atoms with van der Waals surface area (Å²) in [6.45, 7) is 0.116. The van der Waals surface area contributed by atoms with Crippen LogP contribution in [0.15, 0.2) is 23.3 Å². The van der Waals surface area contributed by atoms with Gasteiger partial charge in [0.15, 0.2) is 11.5 Å². The molecule has 2 aromatic rings. The molecule has 0 atom stereocenters. The van der Waals surface area contributed by atoms with Gasteiger partial charge in [0.1, 0.15) is 23.7 Å². The number of anilines is 2. The van der Waals surface area contributed by atoms with Crippen LogP contribution in [0.25, 0.3) is 0 Å². The zero-order valence-electron chi connectivity index (χ0n) is 13.1. The fraction of sp³-hybridized carbons (Fsp3) is 0.286. The third-order valence-electron chi connectivity index (χ3n) is 3.61. The molecule has 3 heterocycles. The summed E-state index contributed by atoms with van der Waals surface area (Å²) in [5, 5.41) is 9.04. The van der Waals surface area contributed by atoms with Gasteiger partial charge in [-0.1, -0.05) is 0 Å². The van der Waals surface area contributed by atoms with Crippen LogP contribution < -0.4 is 16.0 Å². The lowest BCUT2D eigenvalue weighted by molar-refractivity contribution is -0.141. The molecule has 2 aromatic heterocycles. The van der Waals surface area contributed by atoms with E-state index >= 15 is 0 Å². The van der Waals surface area contributed by atoms with Gasteiger partial charge in [-0.05, 0) is 17.7 Å². The largest absolute Gasteiger partial charge is 0.433 e. The number of amides is 1. The minimum atomic E-state index is -4.54. The van der Waals surface area contributed by atoms with Crippen LogP contribution >= 0.6 is 0 Å². The van der Waals surface area contributed by atoms with Gasteiger partial charge in [0.2, 0.25) is 0 Å². The standard InChI is InChI=1S/C14H14F3N7O/c1-24-6-21-10(9-11(24)12(18)23-22-9)13(25)20-5-7-2-3-19-8(4-7)14(15,16)17/h2-4H,5-6H2,1H3,(H,20,25)(H3,18,22,23). The highest BCUT2D eigenvalue weighted by Gasteiger charge is 2.32. The number of nitrogen functional groups attached to an aromatic ring is 1. The summed E-state index contributed by atoms with van der Waals surface area (Å²) in [6.07, 6.45) is -3.49. The number of hydrogen-bond acceptors (Lipinski definition) is 6. The number of carbonyl (C=O) groups is 1. The highest BCUT2D eigenvalue weighted by atomic mass is 19.4. The van der Waals surface area contributed by atoms with Gasteiger partial charge < -0.3 is 16.0 Å². The molecule has 25 heavy (non-hydrogen) atoms. The highest BCUT2D eigenvalue weighted by molar-refractivity contribution is 6.46. The maximum absolute atomic E-state index is 12.7. The molecule has 0 aliphatic carbocycles. The fourth-order valence-corrected chi connectivity index (χ4v) is 2.42. The number of aliphatic imine (C=N–C) groups is 1. The Morgan fingerprint density at radius 2 is 2.24 bits per heavy atom. The lowest BCUT2D eigenvalue weighted by Gasteiger charge is -2.22. The number of halogens is 3. The minimum absolute atomic E-state index is 0.0990. The van der Waals surface area contributed by atoms with Gasteiger partial charge in [0.05, 0.1) is 0 Å². The summed E-state index contributed by atoms with van der Waals surface area (Å²) in [4.78, 5) is 21.5. The molecule has 0 fully saturated rings. The van der Waals surface area contributed by atoms with E-state index in [1.807, 2.05) is 0 Å². The Bertz CT molecular complexity index is 843. The first kappa shape index (κ1) is 16.7. The number of alkyl halides is 3. The Morgan fingerprint density at radius 3 is 2.96 bits per heavy atom. The first-order valence-corrected chi connectivity index (χ1v) is 7.17. The van der Waals surface area contributed by atoms with Gasteiger partial charge in [-0.15, -0.1) is 0 Å². The topological polar surface area (TPSA) is 112 Å². The number of nitrogens with one attached hydrogen (secondary N) is 2. The van der Waals surface area contributed by atoms with E-state index in [2.05, 4.69) is 25.5 Å². The number of carbonyl (C=O) groups excluding carboxylic acids is 1. The number of pyridine rings is 1. The highest BCUT2D eigenvalue weighted by Crippen LogP contribution is 2.29. The van der Waals surface area contributed by atoms with E-state index < -0.39 is 17.8 Å². The van der Waals surface area contributed by atoms with E-state index in [9.17, 15) is 18.0 Å². The Morgan fingerprint density at radius 1 is 1.48 bits per heavy atom. The molecule has 0 unspecified atom stereocenters. The summed E-state index contributed by atoms with van der Waals surface area (Å²) < 4.78 is 38.0. The van der Waals surface area contributed by atoms with Crippen LogP contribution in [0, 0.1) is 0 Å². The smallest absolute Gasteiger partial charge is 0.380 e. The summed E-state index contributed by atoms with van der Waals surface area (Å²) in [7, 11) is 1.75. The lowest BCUT2D eigenvalue weighted by Crippen LogP contribution is -2.36. The zero-order chi connectivity index (χ0) is 18.2. The van der Waals surface area contributed by atoms with Crippen molar-refractivity contribution in [2.45, 2.75) is 12.7 Å². The van der Waals surface area contributed by atoms with Crippen LogP contribution in [0.4, 0.5) is 24.7 Å². The number of H-pyrrole nitrogens is 1. The zero-order valence-corrected chi connectivity index (χ0v) is 13.1. The molecule has 132 valence electrons. The van der Waals surface area contributed by atoms with Crippen LogP contribution in [0.1, 0.15) is 17.0 Å². The fourth-order valence-electron chi connectivity index (χ4n) is 2.42. The number of rotatable bonds is 3. The van der Waals surface area contributed by atoms with Crippen LogP contribution in [0.5, 0.6) is 0 Å². The predicted octanol–water partition coefficient (Wildman–Crippen LogP) is 0.918. The first-order chi connectivity index (χ1) is 11.8. The molecule has 1 aliphatic rings. The second kappa shape index (κ2) is 6.07. The lowest BCUT2D eigenvalue weighted by atomic mass is 10.1. The molecule has 1 amide bonds. The number of nitrogens with two attached hydrogens (primary N) is 1. The Hall–Kier alpha value is -3.11. The number of nitrogens with zero attached hydrogens (tertiary/aromatic N) is 4. The van der Waals surface area contributed by atoms with Crippen LogP contribution in [-0.4, -0.2) is 40.5 Å². The van der Waals surface area contributed by atoms with Crippen LogP contribution in [0.3, 0.4) is 0 Å². The van der Waals surface area contributed by atoms with E-state index in [0.29, 0.717) is 11.4 Å². The van der Waals surface area contributed by atoms with E-state index in [-0.39, 0.29) is 30.3 Å². The number of aromatic nitrogens is 3. The van der Waals surface area contributed by atoms with Crippen molar-refractivity contribution in [3.63, 3.8) is 0 Å². The molecule has 11 heteroatoms. The van der Waals surface area contributed by atoms with E-state index in [4.69, 9.17) is 5.73 Å². The summed E-state index contributed by atoms with van der Waals surface area (Å²) in [6, 6.07) is 2.28. The molecule has 0 spiro atoms. The Kier molecular flexibility index (Phi) is 4.07.